The number of ether oxygens (including phenoxy) is 1. The number of hydrazone groups is 1. The summed E-state index contributed by atoms with van der Waals surface area (Å²) in [4.78, 5) is 14.7. The normalized spacial score (nSPS) is 14.9. The molecule has 0 radical (unpaired) electrons. The van der Waals surface area contributed by atoms with Crippen molar-refractivity contribution in [3.8, 4) is 26.9 Å². The van der Waals surface area contributed by atoms with Gasteiger partial charge in [-0.2, -0.15) is 5.10 Å². The van der Waals surface area contributed by atoms with E-state index in [2.05, 4.69) is 20.5 Å². The number of fused-ring (bicyclic) bond motifs is 1. The van der Waals surface area contributed by atoms with Gasteiger partial charge in [0.05, 0.1) is 28.6 Å². The van der Waals surface area contributed by atoms with Crippen LogP contribution in [0.1, 0.15) is 17.8 Å². The minimum atomic E-state index is 0.624. The van der Waals surface area contributed by atoms with Crippen molar-refractivity contribution in [1.29, 1.82) is 0 Å². The van der Waals surface area contributed by atoms with Crippen molar-refractivity contribution < 1.29 is 4.74 Å². The molecule has 0 atom stereocenters. The SMILES string of the molecule is CN/N=C1\CCOc2ccc(-c3sc(-c4cccnc4)nc3C)nc21. The largest absolute Gasteiger partial charge is 0.491 e. The van der Waals surface area contributed by atoms with Crippen LogP contribution in [-0.4, -0.2) is 34.3 Å². The van der Waals surface area contributed by atoms with Crippen LogP contribution in [0.5, 0.6) is 5.75 Å². The summed E-state index contributed by atoms with van der Waals surface area (Å²) in [6, 6.07) is 7.88. The predicted molar refractivity (Wildman–Crippen MR) is 99.0 cm³/mol. The van der Waals surface area contributed by atoms with Gasteiger partial charge in [-0.05, 0) is 31.2 Å². The maximum absolute atomic E-state index is 5.70. The third-order valence-electron chi connectivity index (χ3n) is 3.91. The van der Waals surface area contributed by atoms with Gasteiger partial charge < -0.3 is 10.2 Å². The third-order valence-corrected chi connectivity index (χ3v) is 5.14. The molecule has 0 saturated carbocycles. The lowest BCUT2D eigenvalue weighted by Gasteiger charge is -2.18. The summed E-state index contributed by atoms with van der Waals surface area (Å²) >= 11 is 1.62. The molecule has 0 aromatic carbocycles. The molecule has 1 aliphatic rings. The average Bonchev–Trinajstić information content (AvgIpc) is 3.04. The van der Waals surface area contributed by atoms with Gasteiger partial charge in [0.15, 0.2) is 0 Å². The zero-order chi connectivity index (χ0) is 17.2. The van der Waals surface area contributed by atoms with Crippen molar-refractivity contribution in [3.05, 3.63) is 48.0 Å². The molecular weight excluding hydrogens is 334 g/mol. The lowest BCUT2D eigenvalue weighted by atomic mass is 10.1. The van der Waals surface area contributed by atoms with Crippen molar-refractivity contribution >= 4 is 17.0 Å². The van der Waals surface area contributed by atoms with E-state index in [1.165, 1.54) is 0 Å². The summed E-state index contributed by atoms with van der Waals surface area (Å²) in [5.74, 6) is 0.777. The molecule has 0 spiro atoms. The van der Waals surface area contributed by atoms with E-state index in [0.717, 1.165) is 50.4 Å². The van der Waals surface area contributed by atoms with Gasteiger partial charge in [-0.1, -0.05) is 0 Å². The number of aromatic nitrogens is 3. The van der Waals surface area contributed by atoms with Crippen molar-refractivity contribution in [2.45, 2.75) is 13.3 Å². The van der Waals surface area contributed by atoms with E-state index in [-0.39, 0.29) is 0 Å². The second kappa shape index (κ2) is 6.60. The summed E-state index contributed by atoms with van der Waals surface area (Å²) in [7, 11) is 1.79. The van der Waals surface area contributed by atoms with Crippen molar-refractivity contribution in [1.82, 2.24) is 20.4 Å². The molecule has 0 bridgehead atoms. The van der Waals surface area contributed by atoms with Crippen LogP contribution in [0.3, 0.4) is 0 Å². The van der Waals surface area contributed by atoms with Crippen molar-refractivity contribution in [2.24, 2.45) is 5.10 Å². The van der Waals surface area contributed by atoms with Gasteiger partial charge in [0, 0.05) is 31.4 Å². The van der Waals surface area contributed by atoms with Gasteiger partial charge in [0.1, 0.15) is 16.5 Å². The number of rotatable bonds is 3. The molecule has 4 rings (SSSR count). The number of hydrogen-bond donors (Lipinski definition) is 1. The molecule has 0 aliphatic carbocycles. The van der Waals surface area contributed by atoms with E-state index in [4.69, 9.17) is 9.72 Å². The molecule has 25 heavy (non-hydrogen) atoms. The van der Waals surface area contributed by atoms with Gasteiger partial charge >= 0.3 is 0 Å². The lowest BCUT2D eigenvalue weighted by Crippen LogP contribution is -2.20. The van der Waals surface area contributed by atoms with Gasteiger partial charge in [0.25, 0.3) is 0 Å². The number of aryl methyl sites for hydroxylation is 1. The molecule has 0 fully saturated rings. The molecule has 0 saturated heterocycles. The van der Waals surface area contributed by atoms with Crippen LogP contribution in [0.15, 0.2) is 41.8 Å². The molecule has 3 aromatic heterocycles. The van der Waals surface area contributed by atoms with Gasteiger partial charge in [-0.25, -0.2) is 9.97 Å². The number of nitrogens with one attached hydrogen (secondary N) is 1. The average molecular weight is 351 g/mol. The van der Waals surface area contributed by atoms with Crippen LogP contribution in [0.2, 0.25) is 0 Å². The van der Waals surface area contributed by atoms with Gasteiger partial charge in [0.2, 0.25) is 0 Å². The maximum atomic E-state index is 5.70. The quantitative estimate of drug-likeness (QED) is 0.733. The molecule has 1 aliphatic heterocycles. The number of pyridine rings is 2. The highest BCUT2D eigenvalue weighted by Crippen LogP contribution is 2.35. The predicted octanol–water partition coefficient (Wildman–Crippen LogP) is 3.28. The fourth-order valence-electron chi connectivity index (χ4n) is 2.76. The molecule has 6 nitrogen and oxygen atoms in total. The Bertz CT molecular complexity index is 936. The minimum Gasteiger partial charge on any atom is -0.491 e. The maximum Gasteiger partial charge on any atom is 0.146 e. The Labute approximate surface area is 149 Å². The smallest absolute Gasteiger partial charge is 0.146 e. The van der Waals surface area contributed by atoms with Crippen LogP contribution in [-0.2, 0) is 0 Å². The highest BCUT2D eigenvalue weighted by Gasteiger charge is 2.21. The first kappa shape index (κ1) is 15.7. The minimum absolute atomic E-state index is 0.624. The van der Waals surface area contributed by atoms with Crippen LogP contribution in [0, 0.1) is 6.92 Å². The van der Waals surface area contributed by atoms with Gasteiger partial charge in [-0.3, -0.25) is 4.98 Å². The summed E-state index contributed by atoms with van der Waals surface area (Å²) in [6.07, 6.45) is 4.33. The zero-order valence-corrected chi connectivity index (χ0v) is 14.8. The topological polar surface area (TPSA) is 72.3 Å². The molecule has 1 N–H and O–H groups in total. The summed E-state index contributed by atoms with van der Waals surface area (Å²) in [6.45, 7) is 2.63. The third kappa shape index (κ3) is 2.98. The Morgan fingerprint density at radius 2 is 2.16 bits per heavy atom. The van der Waals surface area contributed by atoms with Crippen molar-refractivity contribution in [3.63, 3.8) is 0 Å². The van der Waals surface area contributed by atoms with E-state index in [9.17, 15) is 0 Å². The summed E-state index contributed by atoms with van der Waals surface area (Å²) in [5.41, 5.74) is 7.43. The van der Waals surface area contributed by atoms with E-state index in [0.29, 0.717) is 6.61 Å². The Kier molecular flexibility index (Phi) is 4.15. The Morgan fingerprint density at radius 3 is 2.96 bits per heavy atom. The lowest BCUT2D eigenvalue weighted by molar-refractivity contribution is 0.318. The Morgan fingerprint density at radius 1 is 1.24 bits per heavy atom. The first-order chi connectivity index (χ1) is 12.3. The fraction of sp³-hybridized carbons (Fsp3) is 0.222. The molecule has 126 valence electrons. The highest BCUT2D eigenvalue weighted by molar-refractivity contribution is 7.18. The number of thiazole rings is 1. The Hall–Kier alpha value is -2.80. The second-order valence-electron chi connectivity index (χ2n) is 5.60. The Balaban J connectivity index is 1.77. The second-order valence-corrected chi connectivity index (χ2v) is 6.60. The molecular formula is C18H17N5OS. The molecule has 7 heteroatoms. The first-order valence-corrected chi connectivity index (χ1v) is 8.83. The van der Waals surface area contributed by atoms with Gasteiger partial charge in [-0.15, -0.1) is 11.3 Å². The molecule has 3 aromatic rings. The first-order valence-electron chi connectivity index (χ1n) is 8.02. The van der Waals surface area contributed by atoms with Crippen molar-refractivity contribution in [2.75, 3.05) is 13.7 Å². The highest BCUT2D eigenvalue weighted by atomic mass is 32.1. The van der Waals surface area contributed by atoms with E-state index in [1.807, 2.05) is 37.4 Å². The van der Waals surface area contributed by atoms with Crippen LogP contribution >= 0.6 is 11.3 Å². The van der Waals surface area contributed by atoms with E-state index < -0.39 is 0 Å². The monoisotopic (exact) mass is 351 g/mol. The molecule has 0 amide bonds. The van der Waals surface area contributed by atoms with E-state index in [1.54, 1.807) is 24.6 Å². The molecule has 0 unspecified atom stereocenters. The molecule has 4 heterocycles. The van der Waals surface area contributed by atoms with E-state index >= 15 is 0 Å². The zero-order valence-electron chi connectivity index (χ0n) is 14.0. The summed E-state index contributed by atoms with van der Waals surface area (Å²) < 4.78 is 5.70. The van der Waals surface area contributed by atoms with Crippen LogP contribution in [0.4, 0.5) is 0 Å². The number of nitrogens with zero attached hydrogens (tertiary/aromatic N) is 4. The van der Waals surface area contributed by atoms with Crippen LogP contribution in [0.25, 0.3) is 21.1 Å². The number of hydrogen-bond acceptors (Lipinski definition) is 7. The fourth-order valence-corrected chi connectivity index (χ4v) is 3.79. The summed E-state index contributed by atoms with van der Waals surface area (Å²) in [5, 5.41) is 5.28. The standard InChI is InChI=1S/C18H17N5OS/c1-11-17(25-18(21-11)12-4-3-8-20-10-12)14-5-6-15-16(22-14)13(23-19-2)7-9-24-15/h3-6,8,10,19H,7,9H2,1-2H3/b23-13+. The van der Waals surface area contributed by atoms with Crippen LogP contribution < -0.4 is 10.2 Å².